The zero-order chi connectivity index (χ0) is 31.2. The molecule has 0 spiro atoms. The Kier molecular flexibility index (Phi) is 6.72. The second kappa shape index (κ2) is 11.5. The van der Waals surface area contributed by atoms with Crippen LogP contribution in [0.5, 0.6) is 0 Å². The van der Waals surface area contributed by atoms with Crippen molar-refractivity contribution in [1.29, 1.82) is 0 Å². The third-order valence-corrected chi connectivity index (χ3v) is 9.99. The minimum Gasteiger partial charge on any atom is -0.359 e. The first-order chi connectivity index (χ1) is 23.2. The molecule has 1 N–H and O–H groups in total. The van der Waals surface area contributed by atoms with Gasteiger partial charge in [-0.15, -0.1) is 11.3 Å². The molecule has 3 nitrogen and oxygen atoms in total. The molecule has 222 valence electrons. The molecule has 9 rings (SSSR count). The molecule has 0 amide bonds. The van der Waals surface area contributed by atoms with E-state index in [4.69, 9.17) is 9.98 Å². The lowest BCUT2D eigenvalue weighted by Gasteiger charge is -2.25. The Hall–Kier alpha value is -5.84. The van der Waals surface area contributed by atoms with E-state index in [1.54, 1.807) is 11.3 Å². The van der Waals surface area contributed by atoms with E-state index in [0.29, 0.717) is 0 Å². The van der Waals surface area contributed by atoms with Crippen molar-refractivity contribution in [3.63, 3.8) is 0 Å². The van der Waals surface area contributed by atoms with E-state index in [0.717, 1.165) is 49.9 Å². The first kappa shape index (κ1) is 27.5. The van der Waals surface area contributed by atoms with Gasteiger partial charge in [-0.1, -0.05) is 133 Å². The lowest BCUT2D eigenvalue weighted by Crippen LogP contribution is -2.31. The van der Waals surface area contributed by atoms with Crippen LogP contribution in [0.4, 0.5) is 0 Å². The van der Waals surface area contributed by atoms with Crippen molar-refractivity contribution in [2.75, 3.05) is 0 Å². The molecule has 4 heteroatoms. The summed E-state index contributed by atoms with van der Waals surface area (Å²) in [6.07, 6.45) is 2.24. The van der Waals surface area contributed by atoms with Gasteiger partial charge in [0.2, 0.25) is 0 Å². The first-order valence-corrected chi connectivity index (χ1v) is 16.7. The van der Waals surface area contributed by atoms with Crippen LogP contribution in [0, 0.1) is 0 Å². The number of amidine groups is 1. The van der Waals surface area contributed by atoms with Gasteiger partial charge in [0.25, 0.3) is 0 Å². The molecule has 0 aliphatic carbocycles. The highest BCUT2D eigenvalue weighted by Crippen LogP contribution is 2.36. The summed E-state index contributed by atoms with van der Waals surface area (Å²) in [5.74, 6) is 0.863. The van der Waals surface area contributed by atoms with E-state index in [9.17, 15) is 0 Å². The molecule has 0 radical (unpaired) electrons. The highest BCUT2D eigenvalue weighted by Gasteiger charge is 2.20. The number of benzene rings is 7. The van der Waals surface area contributed by atoms with Gasteiger partial charge in [-0.25, -0.2) is 9.98 Å². The molecule has 0 fully saturated rings. The highest BCUT2D eigenvalue weighted by atomic mass is 32.1. The summed E-state index contributed by atoms with van der Waals surface area (Å²) in [5, 5.41) is 9.64. The number of thiazole rings is 1. The van der Waals surface area contributed by atoms with E-state index >= 15 is 0 Å². The molecule has 1 atom stereocenters. The van der Waals surface area contributed by atoms with Gasteiger partial charge < -0.3 is 5.32 Å². The molecule has 8 aromatic rings. The van der Waals surface area contributed by atoms with Gasteiger partial charge in [0.1, 0.15) is 10.8 Å². The van der Waals surface area contributed by atoms with Crippen LogP contribution in [0.2, 0.25) is 0 Å². The number of hydrogen-bond acceptors (Lipinski definition) is 4. The van der Waals surface area contributed by atoms with E-state index in [1.807, 2.05) is 12.1 Å². The molecule has 1 unspecified atom stereocenters. The zero-order valence-electron chi connectivity index (χ0n) is 25.5. The Labute approximate surface area is 277 Å². The quantitative estimate of drug-likeness (QED) is 0.208. The average Bonchev–Trinajstić information content (AvgIpc) is 3.60. The van der Waals surface area contributed by atoms with Crippen LogP contribution in [0.15, 0.2) is 169 Å². The Morgan fingerprint density at radius 3 is 2.04 bits per heavy atom. The summed E-state index contributed by atoms with van der Waals surface area (Å²) in [4.78, 5) is 10.3. The smallest absolute Gasteiger partial charge is 0.134 e. The molecule has 7 aromatic carbocycles. The lowest BCUT2D eigenvalue weighted by molar-refractivity contribution is 0.782. The topological polar surface area (TPSA) is 37.3 Å². The number of nitrogens with one attached hydrogen (secondary N) is 1. The van der Waals surface area contributed by atoms with Gasteiger partial charge in [-0.3, -0.25) is 0 Å². The van der Waals surface area contributed by atoms with Crippen molar-refractivity contribution in [2.24, 2.45) is 4.99 Å². The lowest BCUT2D eigenvalue weighted by atomic mass is 9.96. The van der Waals surface area contributed by atoms with Gasteiger partial charge in [0, 0.05) is 16.5 Å². The Morgan fingerprint density at radius 1 is 0.511 bits per heavy atom. The second-order valence-electron chi connectivity index (χ2n) is 11.9. The second-order valence-corrected chi connectivity index (χ2v) is 13.0. The van der Waals surface area contributed by atoms with Crippen LogP contribution in [0.25, 0.3) is 59.2 Å². The summed E-state index contributed by atoms with van der Waals surface area (Å²) in [6, 6.07) is 55.9. The Balaban J connectivity index is 1.11. The maximum atomic E-state index is 5.18. The minimum atomic E-state index is -0.0246. The molecule has 1 aliphatic rings. The third kappa shape index (κ3) is 5.19. The molecule has 0 saturated heterocycles. The van der Waals surface area contributed by atoms with Crippen LogP contribution in [0.3, 0.4) is 0 Å². The number of hydrogen-bond donors (Lipinski definition) is 1. The summed E-state index contributed by atoms with van der Waals surface area (Å²) < 4.78 is 1.20. The van der Waals surface area contributed by atoms with Crippen molar-refractivity contribution in [3.8, 4) is 21.7 Å². The van der Waals surface area contributed by atoms with Crippen molar-refractivity contribution in [2.45, 2.75) is 6.04 Å². The van der Waals surface area contributed by atoms with Gasteiger partial charge in [-0.05, 0) is 68.8 Å². The minimum absolute atomic E-state index is 0.0246. The zero-order valence-corrected chi connectivity index (χ0v) is 26.3. The highest BCUT2D eigenvalue weighted by molar-refractivity contribution is 7.21. The fourth-order valence-corrected chi connectivity index (χ4v) is 7.46. The molecule has 1 aliphatic heterocycles. The van der Waals surface area contributed by atoms with Gasteiger partial charge in [0.05, 0.1) is 22.0 Å². The monoisotopic (exact) mass is 619 g/mol. The summed E-state index contributed by atoms with van der Waals surface area (Å²) in [7, 11) is 0. The Bertz CT molecular complexity index is 2490. The van der Waals surface area contributed by atoms with Crippen molar-refractivity contribution in [3.05, 3.63) is 180 Å². The summed E-state index contributed by atoms with van der Waals surface area (Å²) >= 11 is 1.74. The number of aromatic nitrogens is 1. The number of fused-ring (bicyclic) bond motifs is 4. The first-order valence-electron chi connectivity index (χ1n) is 15.9. The number of rotatable bonds is 5. The average molecular weight is 620 g/mol. The van der Waals surface area contributed by atoms with Crippen LogP contribution in [0.1, 0.15) is 22.7 Å². The van der Waals surface area contributed by atoms with E-state index in [-0.39, 0.29) is 6.04 Å². The molecular weight excluding hydrogens is 591 g/mol. The molecule has 0 saturated carbocycles. The molecule has 47 heavy (non-hydrogen) atoms. The fraction of sp³-hybridized carbons (Fsp3) is 0.0233. The standard InChI is InChI=1S/C43H29N3S/c1-3-11-30(12-4-1)38-27-39(35-21-18-28-10-7-8-15-32(28)24-35)45-42(44-38)36-17-9-16-33(25-36)34-20-19-29-22-23-40-41(37(29)26-34)46-43(47-40)31-13-5-2-6-14-31/h1-27,39H,(H,44,45). The molecular formula is C43H29N3S. The van der Waals surface area contributed by atoms with Crippen LogP contribution >= 0.6 is 11.3 Å². The third-order valence-electron chi connectivity index (χ3n) is 8.92. The van der Waals surface area contributed by atoms with E-state index in [1.165, 1.54) is 31.8 Å². The van der Waals surface area contributed by atoms with Crippen molar-refractivity contribution >= 4 is 54.6 Å². The number of aliphatic imine (C=N–C) groups is 1. The summed E-state index contributed by atoms with van der Waals surface area (Å²) in [6.45, 7) is 0. The van der Waals surface area contributed by atoms with Gasteiger partial charge in [0.15, 0.2) is 0 Å². The number of nitrogens with zero attached hydrogens (tertiary/aromatic N) is 2. The predicted molar refractivity (Wildman–Crippen MR) is 199 cm³/mol. The normalized spacial score (nSPS) is 14.6. The van der Waals surface area contributed by atoms with Crippen LogP contribution in [-0.4, -0.2) is 10.8 Å². The van der Waals surface area contributed by atoms with Crippen molar-refractivity contribution < 1.29 is 0 Å². The van der Waals surface area contributed by atoms with E-state index in [2.05, 4.69) is 157 Å². The van der Waals surface area contributed by atoms with Gasteiger partial charge >= 0.3 is 0 Å². The molecule has 2 heterocycles. The SMILES string of the molecule is C1=C(c2ccccc2)N=C(c2cccc(-c3ccc4ccc5sc(-c6ccccc6)nc5c4c3)c2)NC1c1ccc2ccccc2c1. The molecule has 0 bridgehead atoms. The maximum absolute atomic E-state index is 5.18. The van der Waals surface area contributed by atoms with Crippen molar-refractivity contribution in [1.82, 2.24) is 10.3 Å². The van der Waals surface area contributed by atoms with Gasteiger partial charge in [-0.2, -0.15) is 0 Å². The van der Waals surface area contributed by atoms with Crippen LogP contribution in [-0.2, 0) is 0 Å². The maximum Gasteiger partial charge on any atom is 0.134 e. The fourth-order valence-electron chi connectivity index (χ4n) is 6.48. The Morgan fingerprint density at radius 2 is 1.19 bits per heavy atom. The van der Waals surface area contributed by atoms with E-state index < -0.39 is 0 Å². The predicted octanol–water partition coefficient (Wildman–Crippen LogP) is 11.1. The largest absolute Gasteiger partial charge is 0.359 e. The summed E-state index contributed by atoms with van der Waals surface area (Å²) in [5.41, 5.74) is 8.82. The van der Waals surface area contributed by atoms with Crippen LogP contribution < -0.4 is 5.32 Å². The molecule has 1 aromatic heterocycles.